The average Bonchev–Trinajstić information content (AvgIpc) is 3.47. The van der Waals surface area contributed by atoms with E-state index in [1.807, 2.05) is 0 Å². The maximum Gasteiger partial charge on any atom is 0.262 e. The first kappa shape index (κ1) is 32.6. The van der Waals surface area contributed by atoms with Crippen molar-refractivity contribution in [2.75, 3.05) is 26.3 Å². The second kappa shape index (κ2) is 14.6. The topological polar surface area (TPSA) is 118 Å². The Morgan fingerprint density at radius 2 is 0.896 bits per heavy atom. The molecule has 0 fully saturated rings. The number of imide groups is 2. The van der Waals surface area contributed by atoms with Crippen LogP contribution >= 0.6 is 21.6 Å². The average molecular weight is 687 g/mol. The van der Waals surface area contributed by atoms with Gasteiger partial charge in [-0.25, -0.2) is 18.8 Å². The molecule has 0 aromatic heterocycles. The number of fused-ring (bicyclic) bond motifs is 2. The number of hydrogen-bond donors (Lipinski definition) is 0. The van der Waals surface area contributed by atoms with Gasteiger partial charge in [0, 0.05) is 21.6 Å². The molecule has 0 saturated heterocycles. The highest BCUT2D eigenvalue weighted by molar-refractivity contribution is 8.87. The van der Waals surface area contributed by atoms with Crippen molar-refractivity contribution in [3.63, 3.8) is 0 Å². The molecule has 0 atom stereocenters. The summed E-state index contributed by atoms with van der Waals surface area (Å²) in [4.78, 5) is 62.1. The first-order chi connectivity index (χ1) is 23.3. The minimum absolute atomic E-state index is 0.0121. The highest BCUT2D eigenvalue weighted by Gasteiger charge is 2.36. The molecule has 4 aromatic carbocycles. The Balaban J connectivity index is 1.16. The fraction of sp³-hybridized carbons (Fsp3) is 0.118. The molecule has 0 bridgehead atoms. The number of rotatable bonds is 8. The highest BCUT2D eigenvalue weighted by atomic mass is 33.1. The van der Waals surface area contributed by atoms with E-state index in [1.165, 1.54) is 36.4 Å². The number of hydrogen-bond acceptors (Lipinski definition) is 10. The lowest BCUT2D eigenvalue weighted by Crippen LogP contribution is -2.33. The molecule has 0 spiro atoms. The molecule has 48 heavy (non-hydrogen) atoms. The molecule has 2 aliphatic rings. The third-order valence-electron chi connectivity index (χ3n) is 7.08. The Morgan fingerprint density at radius 1 is 0.542 bits per heavy atom. The van der Waals surface area contributed by atoms with Gasteiger partial charge < -0.3 is 9.47 Å². The van der Waals surface area contributed by atoms with E-state index in [2.05, 4.69) is 9.98 Å². The summed E-state index contributed by atoms with van der Waals surface area (Å²) in [5.74, 6) is -2.82. The van der Waals surface area contributed by atoms with Gasteiger partial charge in [-0.2, -0.15) is 0 Å². The van der Waals surface area contributed by atoms with E-state index >= 15 is 0 Å². The Labute approximate surface area is 280 Å². The SMILES string of the molecule is O=C1c2ccccc2C(=O)N1CCOC(=Nc1cccc(F)c1)SSC(=Nc1cccc(F)c1)OCCN1C(=O)c2ccccc2C1=O. The van der Waals surface area contributed by atoms with Gasteiger partial charge in [-0.15, -0.1) is 0 Å². The number of nitrogens with zero attached hydrogens (tertiary/aromatic N) is 4. The molecule has 6 rings (SSSR count). The molecule has 4 amide bonds. The van der Waals surface area contributed by atoms with Gasteiger partial charge in [0.05, 0.1) is 46.7 Å². The van der Waals surface area contributed by atoms with Crippen LogP contribution < -0.4 is 0 Å². The maximum absolute atomic E-state index is 14.0. The van der Waals surface area contributed by atoms with Crippen molar-refractivity contribution in [3.8, 4) is 0 Å². The van der Waals surface area contributed by atoms with Crippen molar-refractivity contribution in [3.05, 3.63) is 131 Å². The maximum atomic E-state index is 14.0. The van der Waals surface area contributed by atoms with E-state index in [-0.39, 0.29) is 48.1 Å². The van der Waals surface area contributed by atoms with Gasteiger partial charge in [-0.05, 0) is 60.7 Å². The summed E-state index contributed by atoms with van der Waals surface area (Å²) >= 11 is 0. The van der Waals surface area contributed by atoms with Crippen LogP contribution in [0.5, 0.6) is 0 Å². The summed E-state index contributed by atoms with van der Waals surface area (Å²) in [6, 6.07) is 24.0. The van der Waals surface area contributed by atoms with Crippen LogP contribution in [0, 0.1) is 11.6 Å². The monoisotopic (exact) mass is 686 g/mol. The van der Waals surface area contributed by atoms with Gasteiger partial charge in [-0.3, -0.25) is 29.0 Å². The number of carbonyl (C=O) groups excluding carboxylic acids is 4. The van der Waals surface area contributed by atoms with Crippen LogP contribution in [0.4, 0.5) is 20.2 Å². The third-order valence-corrected chi connectivity index (χ3v) is 8.97. The Morgan fingerprint density at radius 3 is 1.23 bits per heavy atom. The minimum atomic E-state index is -0.524. The number of amides is 4. The molecule has 0 unspecified atom stereocenters. The molecule has 0 radical (unpaired) electrons. The van der Waals surface area contributed by atoms with E-state index < -0.39 is 35.3 Å². The first-order valence-corrected chi connectivity index (χ1v) is 16.6. The largest absolute Gasteiger partial charge is 0.470 e. The summed E-state index contributed by atoms with van der Waals surface area (Å²) in [6.07, 6.45) is 0. The Bertz CT molecular complexity index is 1780. The van der Waals surface area contributed by atoms with Crippen molar-refractivity contribution < 1.29 is 37.4 Å². The van der Waals surface area contributed by atoms with E-state index in [0.29, 0.717) is 22.3 Å². The van der Waals surface area contributed by atoms with E-state index in [1.54, 1.807) is 60.7 Å². The van der Waals surface area contributed by atoms with Crippen molar-refractivity contribution >= 4 is 67.1 Å². The number of ether oxygens (including phenoxy) is 2. The quantitative estimate of drug-likeness (QED) is 0.0876. The fourth-order valence-electron chi connectivity index (χ4n) is 4.86. The van der Waals surface area contributed by atoms with E-state index in [9.17, 15) is 28.0 Å². The highest BCUT2D eigenvalue weighted by Crippen LogP contribution is 2.31. The number of aliphatic imine (C=N–C) groups is 2. The molecular formula is C34H24F2N4O6S2. The Hall–Kier alpha value is -5.34. The van der Waals surface area contributed by atoms with Crippen molar-refractivity contribution in [1.82, 2.24) is 9.80 Å². The zero-order valence-corrected chi connectivity index (χ0v) is 26.5. The molecule has 0 N–H and O–H groups in total. The van der Waals surface area contributed by atoms with Crippen molar-refractivity contribution in [1.29, 1.82) is 0 Å². The standard InChI is InChI=1S/C34H24F2N4O6S2/c35-21-7-5-9-23(19-21)37-33(45-17-15-39-29(41)25-11-1-2-12-26(25)30(39)42)47-48-34(38-24-10-6-8-22(36)20-24)46-18-16-40-31(43)27-13-3-4-14-28(27)32(40)44/h1-14,19-20H,15-18H2. The number of carbonyl (C=O) groups is 4. The summed E-state index contributed by atoms with van der Waals surface area (Å²) in [7, 11) is 1.87. The molecule has 14 heteroatoms. The van der Waals surface area contributed by atoms with Crippen LogP contribution in [0.15, 0.2) is 107 Å². The first-order valence-electron chi connectivity index (χ1n) is 14.5. The molecule has 10 nitrogen and oxygen atoms in total. The molecular weight excluding hydrogens is 663 g/mol. The molecule has 4 aromatic rings. The van der Waals surface area contributed by atoms with Gasteiger partial charge in [-0.1, -0.05) is 36.4 Å². The van der Waals surface area contributed by atoms with E-state index in [0.717, 1.165) is 31.4 Å². The number of halogens is 2. The van der Waals surface area contributed by atoms with Crippen LogP contribution in [0.1, 0.15) is 41.4 Å². The second-order valence-electron chi connectivity index (χ2n) is 10.2. The summed E-state index contributed by atoms with van der Waals surface area (Å²) in [6.45, 7) is -0.435. The van der Waals surface area contributed by atoms with Crippen LogP contribution in [-0.4, -0.2) is 70.2 Å². The zero-order valence-electron chi connectivity index (χ0n) is 24.9. The van der Waals surface area contributed by atoms with Gasteiger partial charge >= 0.3 is 0 Å². The summed E-state index contributed by atoms with van der Waals surface area (Å²) in [5, 5.41) is 0.0243. The van der Waals surface area contributed by atoms with Gasteiger partial charge in [0.1, 0.15) is 24.8 Å². The molecule has 0 aliphatic carbocycles. The summed E-state index contributed by atoms with van der Waals surface area (Å²) in [5.41, 5.74) is 1.67. The van der Waals surface area contributed by atoms with Crippen molar-refractivity contribution in [2.24, 2.45) is 9.98 Å². The van der Waals surface area contributed by atoms with Crippen molar-refractivity contribution in [2.45, 2.75) is 0 Å². The molecule has 242 valence electrons. The second-order valence-corrected chi connectivity index (χ2v) is 12.2. The fourth-order valence-corrected chi connectivity index (χ4v) is 6.49. The van der Waals surface area contributed by atoms with Crippen LogP contribution in [0.2, 0.25) is 0 Å². The predicted molar refractivity (Wildman–Crippen MR) is 178 cm³/mol. The lowest BCUT2D eigenvalue weighted by atomic mass is 10.1. The molecule has 0 saturated carbocycles. The molecule has 2 aliphatic heterocycles. The van der Waals surface area contributed by atoms with Gasteiger partial charge in [0.25, 0.3) is 34.1 Å². The van der Waals surface area contributed by atoms with Crippen LogP contribution in [0.3, 0.4) is 0 Å². The van der Waals surface area contributed by atoms with Gasteiger partial charge in [0.2, 0.25) is 0 Å². The summed E-state index contributed by atoms with van der Waals surface area (Å²) < 4.78 is 39.7. The predicted octanol–water partition coefficient (Wildman–Crippen LogP) is 6.65. The number of benzene rings is 4. The minimum Gasteiger partial charge on any atom is -0.470 e. The lowest BCUT2D eigenvalue weighted by molar-refractivity contribution is 0.0615. The van der Waals surface area contributed by atoms with Gasteiger partial charge in [0.15, 0.2) is 0 Å². The lowest BCUT2D eigenvalue weighted by Gasteiger charge is -2.16. The molecule has 2 heterocycles. The zero-order chi connectivity index (χ0) is 33.6. The van der Waals surface area contributed by atoms with E-state index in [4.69, 9.17) is 9.47 Å². The smallest absolute Gasteiger partial charge is 0.262 e. The van der Waals surface area contributed by atoms with Crippen LogP contribution in [-0.2, 0) is 9.47 Å². The Kier molecular flexibility index (Phi) is 9.92. The van der Waals surface area contributed by atoms with Crippen LogP contribution in [0.25, 0.3) is 0 Å². The normalized spacial score (nSPS) is 14.5. The third kappa shape index (κ3) is 7.29.